The molecule has 0 aromatic carbocycles. The second kappa shape index (κ2) is 7.44. The van der Waals surface area contributed by atoms with Crippen molar-refractivity contribution >= 4 is 11.8 Å². The molecule has 0 bridgehead atoms. The summed E-state index contributed by atoms with van der Waals surface area (Å²) in [6.07, 6.45) is 16.2. The largest absolute Gasteiger partial charge is 0.303 e. The minimum absolute atomic E-state index is 0.782. The van der Waals surface area contributed by atoms with Crippen LogP contribution in [0.1, 0.15) is 70.6 Å². The van der Waals surface area contributed by atoms with Crippen molar-refractivity contribution in [3.8, 4) is 0 Å². The molecule has 2 saturated heterocycles. The molecule has 2 heterocycles. The van der Waals surface area contributed by atoms with Crippen LogP contribution in [0.4, 0.5) is 0 Å². The number of thioether (sulfide) groups is 1. The molecule has 1 N–H and O–H groups in total. The Labute approximate surface area is 141 Å². The molecular weight excluding hydrogens is 288 g/mol. The van der Waals surface area contributed by atoms with Crippen LogP contribution in [-0.4, -0.2) is 41.2 Å². The van der Waals surface area contributed by atoms with Crippen molar-refractivity contribution in [2.75, 3.05) is 19.6 Å². The molecule has 3 heteroatoms. The molecule has 0 radical (unpaired) electrons. The Balaban J connectivity index is 1.22. The average molecular weight is 323 g/mol. The molecule has 4 fully saturated rings. The van der Waals surface area contributed by atoms with E-state index in [-0.39, 0.29) is 0 Å². The van der Waals surface area contributed by atoms with Gasteiger partial charge in [0.2, 0.25) is 0 Å². The maximum atomic E-state index is 4.00. The molecule has 2 aliphatic heterocycles. The van der Waals surface area contributed by atoms with E-state index >= 15 is 0 Å². The van der Waals surface area contributed by atoms with Crippen LogP contribution in [0.25, 0.3) is 0 Å². The van der Waals surface area contributed by atoms with Crippen LogP contribution in [-0.2, 0) is 0 Å². The summed E-state index contributed by atoms with van der Waals surface area (Å²) in [5.41, 5.74) is 0. The SMILES string of the molecule is C1CCC(CN2CCC(C3NC4CCCCC4S3)CC2)CC1. The maximum Gasteiger partial charge on any atom is 0.0567 e. The molecule has 3 atom stereocenters. The van der Waals surface area contributed by atoms with Crippen molar-refractivity contribution in [3.63, 3.8) is 0 Å². The summed E-state index contributed by atoms with van der Waals surface area (Å²) < 4.78 is 0. The first-order valence-corrected chi connectivity index (χ1v) is 11.0. The van der Waals surface area contributed by atoms with Crippen LogP contribution in [0.3, 0.4) is 0 Å². The molecule has 2 aliphatic carbocycles. The van der Waals surface area contributed by atoms with Crippen molar-refractivity contribution in [3.05, 3.63) is 0 Å². The first kappa shape index (κ1) is 15.8. The molecule has 0 aromatic rings. The second-order valence-electron chi connectivity index (χ2n) is 8.29. The van der Waals surface area contributed by atoms with Crippen LogP contribution in [0, 0.1) is 11.8 Å². The Kier molecular flexibility index (Phi) is 5.34. The van der Waals surface area contributed by atoms with Gasteiger partial charge in [-0.3, -0.25) is 0 Å². The highest BCUT2D eigenvalue weighted by Crippen LogP contribution is 2.41. The molecule has 4 rings (SSSR count). The monoisotopic (exact) mass is 322 g/mol. The summed E-state index contributed by atoms with van der Waals surface area (Å²) in [6, 6.07) is 0.851. The summed E-state index contributed by atoms with van der Waals surface area (Å²) in [5, 5.41) is 5.73. The minimum Gasteiger partial charge on any atom is -0.303 e. The van der Waals surface area contributed by atoms with Crippen LogP contribution >= 0.6 is 11.8 Å². The first-order chi connectivity index (χ1) is 10.9. The van der Waals surface area contributed by atoms with Gasteiger partial charge in [-0.2, -0.15) is 0 Å². The highest BCUT2D eigenvalue weighted by Gasteiger charge is 2.39. The van der Waals surface area contributed by atoms with Crippen LogP contribution in [0.2, 0.25) is 0 Å². The van der Waals surface area contributed by atoms with Gasteiger partial charge in [0.25, 0.3) is 0 Å². The third-order valence-electron chi connectivity index (χ3n) is 6.70. The lowest BCUT2D eigenvalue weighted by Crippen LogP contribution is -2.43. The Morgan fingerprint density at radius 3 is 2.32 bits per heavy atom. The number of hydrogen-bond acceptors (Lipinski definition) is 3. The fourth-order valence-electron chi connectivity index (χ4n) is 5.31. The van der Waals surface area contributed by atoms with Gasteiger partial charge < -0.3 is 10.2 Å². The minimum atomic E-state index is 0.782. The lowest BCUT2D eigenvalue weighted by molar-refractivity contribution is 0.140. The number of piperidine rings is 1. The van der Waals surface area contributed by atoms with Gasteiger partial charge in [0.15, 0.2) is 0 Å². The molecule has 2 nitrogen and oxygen atoms in total. The smallest absolute Gasteiger partial charge is 0.0567 e. The number of nitrogens with one attached hydrogen (secondary N) is 1. The van der Waals surface area contributed by atoms with Gasteiger partial charge in [-0.25, -0.2) is 0 Å². The van der Waals surface area contributed by atoms with Crippen molar-refractivity contribution in [1.82, 2.24) is 10.2 Å². The zero-order chi connectivity index (χ0) is 14.8. The van der Waals surface area contributed by atoms with E-state index in [9.17, 15) is 0 Å². The number of nitrogens with zero attached hydrogens (tertiary/aromatic N) is 1. The zero-order valence-corrected chi connectivity index (χ0v) is 15.0. The van der Waals surface area contributed by atoms with Gasteiger partial charge in [0, 0.05) is 17.8 Å². The summed E-state index contributed by atoms with van der Waals surface area (Å²) in [6.45, 7) is 4.15. The quantitative estimate of drug-likeness (QED) is 0.836. The predicted molar refractivity (Wildman–Crippen MR) is 96.3 cm³/mol. The Bertz CT molecular complexity index is 333. The standard InChI is InChI=1S/C19H34N2S/c1-2-6-15(7-3-1)14-21-12-10-16(11-13-21)19-20-17-8-4-5-9-18(17)22-19/h15-20H,1-14H2. The van der Waals surface area contributed by atoms with E-state index in [4.69, 9.17) is 0 Å². The Morgan fingerprint density at radius 2 is 1.55 bits per heavy atom. The zero-order valence-electron chi connectivity index (χ0n) is 14.1. The average Bonchev–Trinajstić information content (AvgIpc) is 3.00. The number of rotatable bonds is 3. The topological polar surface area (TPSA) is 15.3 Å². The lowest BCUT2D eigenvalue weighted by Gasteiger charge is -2.37. The molecule has 22 heavy (non-hydrogen) atoms. The predicted octanol–water partition coefficient (Wildman–Crippen LogP) is 4.25. The van der Waals surface area contributed by atoms with Crippen molar-refractivity contribution in [1.29, 1.82) is 0 Å². The fourth-order valence-corrected chi connectivity index (χ4v) is 7.14. The third-order valence-corrected chi connectivity index (χ3v) is 8.43. The molecule has 3 unspecified atom stereocenters. The van der Waals surface area contributed by atoms with Crippen LogP contribution in [0.15, 0.2) is 0 Å². The molecule has 2 saturated carbocycles. The number of fused-ring (bicyclic) bond motifs is 1. The van der Waals surface area contributed by atoms with Crippen LogP contribution < -0.4 is 5.32 Å². The van der Waals surface area contributed by atoms with Gasteiger partial charge in [-0.1, -0.05) is 32.1 Å². The maximum absolute atomic E-state index is 4.00. The van der Waals surface area contributed by atoms with Gasteiger partial charge in [0.05, 0.1) is 5.37 Å². The number of likely N-dealkylation sites (tertiary alicyclic amines) is 1. The van der Waals surface area contributed by atoms with E-state index < -0.39 is 0 Å². The molecular formula is C19H34N2S. The van der Waals surface area contributed by atoms with E-state index in [0.29, 0.717) is 0 Å². The van der Waals surface area contributed by atoms with E-state index in [1.807, 2.05) is 0 Å². The van der Waals surface area contributed by atoms with Crippen molar-refractivity contribution in [2.24, 2.45) is 11.8 Å². The second-order valence-corrected chi connectivity index (χ2v) is 9.68. The van der Waals surface area contributed by atoms with E-state index in [1.165, 1.54) is 90.3 Å². The molecule has 0 aromatic heterocycles. The van der Waals surface area contributed by atoms with Crippen LogP contribution in [0.5, 0.6) is 0 Å². The van der Waals surface area contributed by atoms with E-state index in [0.717, 1.165) is 28.5 Å². The molecule has 4 aliphatic rings. The highest BCUT2D eigenvalue weighted by atomic mass is 32.2. The Morgan fingerprint density at radius 1 is 0.818 bits per heavy atom. The van der Waals surface area contributed by atoms with E-state index in [1.54, 1.807) is 0 Å². The summed E-state index contributed by atoms with van der Waals surface area (Å²) >= 11 is 2.31. The Hall–Kier alpha value is 0.270. The summed E-state index contributed by atoms with van der Waals surface area (Å²) in [4.78, 5) is 2.79. The summed E-state index contributed by atoms with van der Waals surface area (Å²) in [7, 11) is 0. The van der Waals surface area contributed by atoms with E-state index in [2.05, 4.69) is 22.0 Å². The lowest BCUT2D eigenvalue weighted by atomic mass is 9.87. The van der Waals surface area contributed by atoms with Gasteiger partial charge in [0.1, 0.15) is 0 Å². The van der Waals surface area contributed by atoms with Crippen molar-refractivity contribution in [2.45, 2.75) is 87.3 Å². The molecule has 0 spiro atoms. The third kappa shape index (κ3) is 3.67. The highest BCUT2D eigenvalue weighted by molar-refractivity contribution is 8.00. The normalized spacial score (nSPS) is 39.0. The molecule has 126 valence electrons. The first-order valence-electron chi connectivity index (χ1n) is 10.0. The van der Waals surface area contributed by atoms with Gasteiger partial charge in [-0.05, 0) is 63.5 Å². The van der Waals surface area contributed by atoms with Gasteiger partial charge in [-0.15, -0.1) is 11.8 Å². The van der Waals surface area contributed by atoms with Crippen molar-refractivity contribution < 1.29 is 0 Å². The molecule has 0 amide bonds. The fraction of sp³-hybridized carbons (Fsp3) is 1.00. The van der Waals surface area contributed by atoms with Gasteiger partial charge >= 0.3 is 0 Å². The summed E-state index contributed by atoms with van der Waals surface area (Å²) in [5.74, 6) is 1.96. The number of hydrogen-bond donors (Lipinski definition) is 1.